The molecule has 88 valence electrons. The van der Waals surface area contributed by atoms with Crippen LogP contribution in [-0.4, -0.2) is 9.97 Å². The van der Waals surface area contributed by atoms with E-state index in [0.29, 0.717) is 11.8 Å². The predicted molar refractivity (Wildman–Crippen MR) is 68.3 cm³/mol. The van der Waals surface area contributed by atoms with Crippen LogP contribution in [0.4, 0.5) is 0 Å². The fraction of sp³-hybridized carbons (Fsp3) is 0.692. The van der Waals surface area contributed by atoms with Crippen molar-refractivity contribution in [3.63, 3.8) is 0 Å². The van der Waals surface area contributed by atoms with Gasteiger partial charge in [0.15, 0.2) is 0 Å². The molecule has 2 heteroatoms. The molecule has 0 N–H and O–H groups in total. The summed E-state index contributed by atoms with van der Waals surface area (Å²) in [6.07, 6.45) is 1.84. The summed E-state index contributed by atoms with van der Waals surface area (Å²) in [6.45, 7) is 12.5. The molecule has 0 radical (unpaired) electrons. The Labute approximate surface area is 95.2 Å². The van der Waals surface area contributed by atoms with Crippen molar-refractivity contribution in [2.24, 2.45) is 0 Å². The van der Waals surface area contributed by atoms with E-state index in [4.69, 9.17) is 0 Å². The highest BCUT2D eigenvalue weighted by Crippen LogP contribution is 2.13. The van der Waals surface area contributed by atoms with Crippen molar-refractivity contribution in [3.05, 3.63) is 23.8 Å². The molecule has 0 saturated heterocycles. The van der Waals surface area contributed by atoms with Crippen molar-refractivity contribution in [1.82, 2.24) is 9.97 Å². The largest absolute Gasteiger partial charge is 0.241 e. The lowest BCUT2D eigenvalue weighted by atomic mass is 10.1. The molecule has 0 aliphatic carbocycles. The Bertz CT molecular complexity index is 231. The summed E-state index contributed by atoms with van der Waals surface area (Å²) in [5, 5.41) is 0. The maximum Gasteiger partial charge on any atom is 0.131 e. The molecule has 2 nitrogen and oxygen atoms in total. The van der Waals surface area contributed by atoms with Gasteiger partial charge in [0, 0.05) is 17.8 Å². The van der Waals surface area contributed by atoms with Gasteiger partial charge in [0.05, 0.1) is 0 Å². The van der Waals surface area contributed by atoms with Gasteiger partial charge >= 0.3 is 0 Å². The monoisotopic (exact) mass is 210 g/mol. The van der Waals surface area contributed by atoms with Gasteiger partial charge in [-0.15, -0.1) is 0 Å². The normalized spacial score (nSPS) is 9.33. The number of hydrogen-bond donors (Lipinski definition) is 0. The van der Waals surface area contributed by atoms with Crippen LogP contribution in [0.3, 0.4) is 0 Å². The molecule has 0 aliphatic heterocycles. The Kier molecular flexibility index (Phi) is 9.24. The van der Waals surface area contributed by atoms with Crippen molar-refractivity contribution in [2.45, 2.75) is 60.8 Å². The average Bonchev–Trinajstić information content (AvgIpc) is 2.21. The number of aromatic nitrogens is 2. The Morgan fingerprint density at radius 2 is 1.53 bits per heavy atom. The molecule has 0 aliphatic rings. The molecule has 0 atom stereocenters. The van der Waals surface area contributed by atoms with Crippen molar-refractivity contribution < 1.29 is 0 Å². The lowest BCUT2D eigenvalue weighted by Crippen LogP contribution is -2.01. The predicted octanol–water partition coefficient (Wildman–Crippen LogP) is 4.39. The van der Waals surface area contributed by atoms with Crippen LogP contribution in [0.2, 0.25) is 0 Å². The van der Waals surface area contributed by atoms with Gasteiger partial charge in [-0.25, -0.2) is 9.97 Å². The Balaban J connectivity index is 0. The maximum atomic E-state index is 4.46. The first-order valence-electron chi connectivity index (χ1n) is 5.44. The van der Waals surface area contributed by atoms with E-state index >= 15 is 0 Å². The Morgan fingerprint density at radius 1 is 1.00 bits per heavy atom. The van der Waals surface area contributed by atoms with E-state index in [0.717, 1.165) is 11.5 Å². The molecule has 0 unspecified atom stereocenters. The molecule has 0 bridgehead atoms. The first kappa shape index (κ1) is 16.5. The van der Waals surface area contributed by atoms with Crippen LogP contribution in [-0.2, 0) is 0 Å². The summed E-state index contributed by atoms with van der Waals surface area (Å²) in [5.41, 5.74) is 1.13. The molecule has 0 spiro atoms. The number of hydrogen-bond acceptors (Lipinski definition) is 2. The highest BCUT2D eigenvalue weighted by atomic mass is 14.9. The van der Waals surface area contributed by atoms with Gasteiger partial charge in [0.1, 0.15) is 5.82 Å². The van der Waals surface area contributed by atoms with Gasteiger partial charge in [-0.05, 0) is 12.0 Å². The van der Waals surface area contributed by atoms with E-state index < -0.39 is 0 Å². The lowest BCUT2D eigenvalue weighted by molar-refractivity contribution is 0.729. The number of nitrogens with zero attached hydrogens (tertiary/aromatic N) is 2. The van der Waals surface area contributed by atoms with Crippen LogP contribution >= 0.6 is 0 Å². The lowest BCUT2D eigenvalue weighted by Gasteiger charge is -2.07. The van der Waals surface area contributed by atoms with Gasteiger partial charge in [-0.1, -0.05) is 49.0 Å². The van der Waals surface area contributed by atoms with Crippen LogP contribution in [0, 0.1) is 0 Å². The minimum Gasteiger partial charge on any atom is -0.241 e. The molecular weight excluding hydrogens is 184 g/mol. The fourth-order valence-corrected chi connectivity index (χ4v) is 0.988. The maximum absolute atomic E-state index is 4.46. The molecule has 1 rings (SSSR count). The zero-order chi connectivity index (χ0) is 11.1. The first-order valence-corrected chi connectivity index (χ1v) is 5.44. The molecule has 1 aromatic heterocycles. The summed E-state index contributed by atoms with van der Waals surface area (Å²) >= 11 is 0. The second-order valence-electron chi connectivity index (χ2n) is 3.65. The zero-order valence-electron chi connectivity index (χ0n) is 10.2. The van der Waals surface area contributed by atoms with Crippen molar-refractivity contribution in [1.29, 1.82) is 0 Å². The average molecular weight is 210 g/mol. The van der Waals surface area contributed by atoms with Crippen molar-refractivity contribution in [3.8, 4) is 0 Å². The summed E-state index contributed by atoms with van der Waals surface area (Å²) in [4.78, 5) is 8.67. The molecular formula is C13H26N2. The summed E-state index contributed by atoms with van der Waals surface area (Å²) in [5.74, 6) is 1.86. The van der Waals surface area contributed by atoms with Gasteiger partial charge in [0.25, 0.3) is 0 Å². The van der Waals surface area contributed by atoms with E-state index in [1.54, 1.807) is 0 Å². The molecule has 1 aromatic rings. The third-order valence-corrected chi connectivity index (χ3v) is 1.80. The fourth-order valence-electron chi connectivity index (χ4n) is 0.988. The minimum absolute atomic E-state index is 0. The van der Waals surface area contributed by atoms with Gasteiger partial charge in [-0.3, -0.25) is 0 Å². The topological polar surface area (TPSA) is 25.8 Å². The highest BCUT2D eigenvalue weighted by Gasteiger charge is 2.05. The molecule has 15 heavy (non-hydrogen) atoms. The van der Waals surface area contributed by atoms with Crippen molar-refractivity contribution in [2.75, 3.05) is 0 Å². The van der Waals surface area contributed by atoms with Crippen LogP contribution in [0.15, 0.2) is 12.3 Å². The number of rotatable bonds is 2. The van der Waals surface area contributed by atoms with Crippen LogP contribution in [0.5, 0.6) is 0 Å². The molecule has 0 fully saturated rings. The smallest absolute Gasteiger partial charge is 0.131 e. The van der Waals surface area contributed by atoms with E-state index in [1.807, 2.05) is 26.1 Å². The van der Waals surface area contributed by atoms with Crippen LogP contribution in [0.25, 0.3) is 0 Å². The highest BCUT2D eigenvalue weighted by molar-refractivity contribution is 5.07. The first-order chi connectivity index (χ1) is 6.61. The summed E-state index contributed by atoms with van der Waals surface area (Å²) in [7, 11) is 0. The van der Waals surface area contributed by atoms with E-state index in [1.165, 1.54) is 0 Å². The standard InChI is InChI=1S/C10H16N2.C2H6.CH4/c1-7(2)9-5-6-11-10(12-9)8(3)4;1-2;/h5-8H,1-4H3;1-2H3;1H4. The van der Waals surface area contributed by atoms with E-state index in [-0.39, 0.29) is 7.43 Å². The second kappa shape index (κ2) is 8.39. The molecule has 0 amide bonds. The zero-order valence-corrected chi connectivity index (χ0v) is 10.2. The third-order valence-electron chi connectivity index (χ3n) is 1.80. The van der Waals surface area contributed by atoms with E-state index in [9.17, 15) is 0 Å². The molecule has 0 saturated carbocycles. The van der Waals surface area contributed by atoms with Gasteiger partial charge in [0.2, 0.25) is 0 Å². The SMILES string of the molecule is C.CC.CC(C)c1ccnc(C(C)C)n1. The second-order valence-corrected chi connectivity index (χ2v) is 3.65. The van der Waals surface area contributed by atoms with Gasteiger partial charge in [-0.2, -0.15) is 0 Å². The summed E-state index contributed by atoms with van der Waals surface area (Å²) < 4.78 is 0. The molecule has 0 aromatic carbocycles. The minimum atomic E-state index is 0. The van der Waals surface area contributed by atoms with Crippen molar-refractivity contribution >= 4 is 0 Å². The quantitative estimate of drug-likeness (QED) is 0.723. The Morgan fingerprint density at radius 3 is 1.93 bits per heavy atom. The van der Waals surface area contributed by atoms with Gasteiger partial charge < -0.3 is 0 Å². The Hall–Kier alpha value is -0.920. The summed E-state index contributed by atoms with van der Waals surface area (Å²) in [6, 6.07) is 1.98. The van der Waals surface area contributed by atoms with Crippen LogP contribution in [0.1, 0.15) is 72.3 Å². The molecule has 1 heterocycles. The third kappa shape index (κ3) is 5.50. The van der Waals surface area contributed by atoms with Crippen LogP contribution < -0.4 is 0 Å². The van der Waals surface area contributed by atoms with E-state index in [2.05, 4.69) is 37.7 Å².